The van der Waals surface area contributed by atoms with Crippen LogP contribution in [-0.4, -0.2) is 24.5 Å². The summed E-state index contributed by atoms with van der Waals surface area (Å²) in [4.78, 5) is 12.1. The summed E-state index contributed by atoms with van der Waals surface area (Å²) in [6.07, 6.45) is -0.767. The molecule has 1 fully saturated rings. The summed E-state index contributed by atoms with van der Waals surface area (Å²) in [6.45, 7) is 9.53. The van der Waals surface area contributed by atoms with Crippen LogP contribution in [0.15, 0.2) is 42.5 Å². The molecule has 4 heteroatoms. The highest BCUT2D eigenvalue weighted by Crippen LogP contribution is 2.27. The van der Waals surface area contributed by atoms with Crippen LogP contribution in [0.25, 0.3) is 0 Å². The molecule has 4 nitrogen and oxygen atoms in total. The van der Waals surface area contributed by atoms with E-state index in [9.17, 15) is 4.79 Å². The standard InChI is InChI=1S/C16H20O4/c1-11(14-10-18-16(3,4)20-14)15(17)19-12(2)13-8-6-5-7-9-13/h5-9,12,14H,1,10H2,2-4H3/t12-,14+/m0/s1. The third-order valence-electron chi connectivity index (χ3n) is 3.21. The van der Waals surface area contributed by atoms with Crippen molar-refractivity contribution >= 4 is 5.97 Å². The summed E-state index contributed by atoms with van der Waals surface area (Å²) in [6, 6.07) is 9.57. The van der Waals surface area contributed by atoms with E-state index in [-0.39, 0.29) is 6.10 Å². The molecule has 1 saturated heterocycles. The van der Waals surface area contributed by atoms with Crippen LogP contribution >= 0.6 is 0 Å². The van der Waals surface area contributed by atoms with Crippen molar-refractivity contribution < 1.29 is 19.0 Å². The Labute approximate surface area is 119 Å². The second kappa shape index (κ2) is 5.77. The van der Waals surface area contributed by atoms with Crippen LogP contribution in [0.4, 0.5) is 0 Å². The number of rotatable bonds is 4. The summed E-state index contributed by atoms with van der Waals surface area (Å²) >= 11 is 0. The Kier molecular flexibility index (Phi) is 4.26. The molecule has 0 aliphatic carbocycles. The van der Waals surface area contributed by atoms with E-state index in [1.165, 1.54) is 0 Å². The normalized spacial score (nSPS) is 22.2. The highest BCUT2D eigenvalue weighted by molar-refractivity contribution is 5.89. The maximum absolute atomic E-state index is 12.1. The van der Waals surface area contributed by atoms with Gasteiger partial charge in [-0.3, -0.25) is 0 Å². The van der Waals surface area contributed by atoms with E-state index >= 15 is 0 Å². The minimum atomic E-state index is -0.682. The minimum absolute atomic E-state index is 0.290. The number of esters is 1. The SMILES string of the molecule is C=C(C(=O)O[C@@H](C)c1ccccc1)[C@H]1COC(C)(C)O1. The molecule has 0 saturated carbocycles. The van der Waals surface area contributed by atoms with Crippen LogP contribution in [0, 0.1) is 0 Å². The molecule has 1 aliphatic heterocycles. The van der Waals surface area contributed by atoms with Gasteiger partial charge in [0.2, 0.25) is 0 Å². The van der Waals surface area contributed by atoms with Crippen molar-refractivity contribution in [2.45, 2.75) is 38.8 Å². The van der Waals surface area contributed by atoms with Crippen molar-refractivity contribution in [1.29, 1.82) is 0 Å². The minimum Gasteiger partial charge on any atom is -0.454 e. The van der Waals surface area contributed by atoms with Crippen molar-refractivity contribution in [1.82, 2.24) is 0 Å². The zero-order valence-electron chi connectivity index (χ0n) is 12.1. The lowest BCUT2D eigenvalue weighted by Crippen LogP contribution is -2.25. The zero-order chi connectivity index (χ0) is 14.8. The average molecular weight is 276 g/mol. The van der Waals surface area contributed by atoms with Gasteiger partial charge < -0.3 is 14.2 Å². The molecule has 0 aromatic heterocycles. The summed E-state index contributed by atoms with van der Waals surface area (Å²) in [5.41, 5.74) is 1.23. The van der Waals surface area contributed by atoms with Crippen LogP contribution in [0.2, 0.25) is 0 Å². The predicted molar refractivity (Wildman–Crippen MR) is 75.0 cm³/mol. The van der Waals surface area contributed by atoms with Crippen LogP contribution in [0.5, 0.6) is 0 Å². The van der Waals surface area contributed by atoms with Crippen molar-refractivity contribution in [2.75, 3.05) is 6.61 Å². The number of carbonyl (C=O) groups is 1. The quantitative estimate of drug-likeness (QED) is 0.626. The number of hydrogen-bond acceptors (Lipinski definition) is 4. The molecule has 0 unspecified atom stereocenters. The molecule has 1 aliphatic rings. The third-order valence-corrected chi connectivity index (χ3v) is 3.21. The second-order valence-corrected chi connectivity index (χ2v) is 5.30. The largest absolute Gasteiger partial charge is 0.454 e. The molecular formula is C16H20O4. The van der Waals surface area contributed by atoms with Gasteiger partial charge in [0.15, 0.2) is 5.79 Å². The lowest BCUT2D eigenvalue weighted by molar-refractivity contribution is -0.149. The molecule has 1 aromatic carbocycles. The van der Waals surface area contributed by atoms with Gasteiger partial charge >= 0.3 is 5.97 Å². The fourth-order valence-electron chi connectivity index (χ4n) is 2.02. The highest BCUT2D eigenvalue weighted by atomic mass is 16.7. The van der Waals surface area contributed by atoms with Crippen LogP contribution in [-0.2, 0) is 19.0 Å². The number of benzene rings is 1. The number of hydrogen-bond donors (Lipinski definition) is 0. The molecule has 0 spiro atoms. The van der Waals surface area contributed by atoms with E-state index in [1.807, 2.05) is 37.3 Å². The summed E-state index contributed by atoms with van der Waals surface area (Å²) in [5.74, 6) is -1.13. The Morgan fingerprint density at radius 3 is 2.60 bits per heavy atom. The molecule has 1 aromatic rings. The molecule has 2 rings (SSSR count). The molecule has 0 N–H and O–H groups in total. The van der Waals surface area contributed by atoms with Crippen LogP contribution < -0.4 is 0 Å². The predicted octanol–water partition coefficient (Wildman–Crippen LogP) is 3.00. The fourth-order valence-corrected chi connectivity index (χ4v) is 2.02. The topological polar surface area (TPSA) is 44.8 Å². The van der Waals surface area contributed by atoms with E-state index in [2.05, 4.69) is 6.58 Å². The molecule has 0 radical (unpaired) electrons. The van der Waals surface area contributed by atoms with E-state index < -0.39 is 17.9 Å². The van der Waals surface area contributed by atoms with Gasteiger partial charge in [-0.2, -0.15) is 0 Å². The molecule has 2 atom stereocenters. The second-order valence-electron chi connectivity index (χ2n) is 5.30. The molecule has 0 amide bonds. The first-order valence-corrected chi connectivity index (χ1v) is 6.65. The Hall–Kier alpha value is -1.65. The van der Waals surface area contributed by atoms with Gasteiger partial charge in [-0.1, -0.05) is 36.9 Å². The van der Waals surface area contributed by atoms with Gasteiger partial charge in [0.1, 0.15) is 12.2 Å². The molecule has 0 bridgehead atoms. The lowest BCUT2D eigenvalue weighted by atomic mass is 10.1. The fraction of sp³-hybridized carbons (Fsp3) is 0.438. The average Bonchev–Trinajstić information content (AvgIpc) is 2.79. The maximum atomic E-state index is 12.1. The van der Waals surface area contributed by atoms with Gasteiger partial charge in [-0.25, -0.2) is 4.79 Å². The maximum Gasteiger partial charge on any atom is 0.336 e. The van der Waals surface area contributed by atoms with E-state index in [0.717, 1.165) is 5.56 Å². The first-order chi connectivity index (χ1) is 9.39. The molecule has 1 heterocycles. The zero-order valence-corrected chi connectivity index (χ0v) is 12.1. The Balaban J connectivity index is 1.94. The van der Waals surface area contributed by atoms with E-state index in [1.54, 1.807) is 13.8 Å². The first kappa shape index (κ1) is 14.8. The van der Waals surface area contributed by atoms with Crippen LogP contribution in [0.3, 0.4) is 0 Å². The number of carbonyl (C=O) groups excluding carboxylic acids is 1. The van der Waals surface area contributed by atoms with E-state index in [0.29, 0.717) is 12.2 Å². The monoisotopic (exact) mass is 276 g/mol. The third kappa shape index (κ3) is 3.46. The smallest absolute Gasteiger partial charge is 0.336 e. The Morgan fingerprint density at radius 1 is 1.40 bits per heavy atom. The summed E-state index contributed by atoms with van der Waals surface area (Å²) in [5, 5.41) is 0. The van der Waals surface area contributed by atoms with Gasteiger partial charge in [-0.15, -0.1) is 0 Å². The summed E-state index contributed by atoms with van der Waals surface area (Å²) in [7, 11) is 0. The summed E-state index contributed by atoms with van der Waals surface area (Å²) < 4.78 is 16.4. The van der Waals surface area contributed by atoms with Gasteiger partial charge in [0, 0.05) is 0 Å². The van der Waals surface area contributed by atoms with Gasteiger partial charge in [0.25, 0.3) is 0 Å². The highest BCUT2D eigenvalue weighted by Gasteiger charge is 2.36. The van der Waals surface area contributed by atoms with Gasteiger partial charge in [-0.05, 0) is 26.3 Å². The van der Waals surface area contributed by atoms with Crippen molar-refractivity contribution in [2.24, 2.45) is 0 Å². The van der Waals surface area contributed by atoms with Crippen molar-refractivity contribution in [3.8, 4) is 0 Å². The lowest BCUT2D eigenvalue weighted by Gasteiger charge is -2.19. The first-order valence-electron chi connectivity index (χ1n) is 6.65. The Bertz CT molecular complexity index is 492. The molecular weight excluding hydrogens is 256 g/mol. The van der Waals surface area contributed by atoms with Crippen molar-refractivity contribution in [3.05, 3.63) is 48.0 Å². The molecule has 108 valence electrons. The van der Waals surface area contributed by atoms with Crippen molar-refractivity contribution in [3.63, 3.8) is 0 Å². The van der Waals surface area contributed by atoms with Crippen LogP contribution in [0.1, 0.15) is 32.4 Å². The molecule has 20 heavy (non-hydrogen) atoms. The number of ether oxygens (including phenoxy) is 3. The van der Waals surface area contributed by atoms with E-state index in [4.69, 9.17) is 14.2 Å². The Morgan fingerprint density at radius 2 is 2.05 bits per heavy atom. The van der Waals surface area contributed by atoms with Gasteiger partial charge in [0.05, 0.1) is 12.2 Å².